The molecule has 1 aromatic heterocycles. The molecule has 1 heterocycles. The largest absolute Gasteiger partial charge is 0.311 e. The lowest BCUT2D eigenvalue weighted by atomic mass is 9.66. The predicted octanol–water partition coefficient (Wildman–Crippen LogP) is 15.5. The second-order valence-electron chi connectivity index (χ2n) is 16.4. The Hall–Kier alpha value is -7.94. The van der Waals surface area contributed by atoms with Gasteiger partial charge in [0.25, 0.3) is 0 Å². The molecule has 13 rings (SSSR count). The van der Waals surface area contributed by atoms with Gasteiger partial charge >= 0.3 is 0 Å². The molecule has 0 bridgehead atoms. The van der Waals surface area contributed by atoms with Crippen LogP contribution < -0.4 is 4.90 Å². The maximum Gasteiger partial charge on any atom is 0.0719 e. The van der Waals surface area contributed by atoms with E-state index in [1.54, 1.807) is 0 Å². The maximum atomic E-state index is 2.47. The van der Waals surface area contributed by atoms with Crippen LogP contribution in [0.1, 0.15) is 22.3 Å². The van der Waals surface area contributed by atoms with Crippen molar-refractivity contribution in [3.63, 3.8) is 0 Å². The van der Waals surface area contributed by atoms with E-state index in [1.807, 2.05) is 0 Å². The first-order valence-electron chi connectivity index (χ1n) is 21.2. The Balaban J connectivity index is 1.11. The van der Waals surface area contributed by atoms with Crippen molar-refractivity contribution in [3.8, 4) is 16.8 Å². The highest BCUT2D eigenvalue weighted by Gasteiger charge is 2.47. The Bertz CT molecular complexity index is 3540. The maximum absolute atomic E-state index is 2.47. The quantitative estimate of drug-likeness (QED) is 0.153. The highest BCUT2D eigenvalue weighted by molar-refractivity contribution is 6.32. The van der Waals surface area contributed by atoms with Crippen LogP contribution in [0.15, 0.2) is 231 Å². The second kappa shape index (κ2) is 13.0. The summed E-state index contributed by atoms with van der Waals surface area (Å²) >= 11 is 0. The Morgan fingerprint density at radius 3 is 1.56 bits per heavy atom. The van der Waals surface area contributed by atoms with E-state index in [0.717, 1.165) is 17.1 Å². The number of rotatable bonds is 6. The van der Waals surface area contributed by atoms with E-state index in [9.17, 15) is 0 Å². The van der Waals surface area contributed by atoms with E-state index < -0.39 is 5.41 Å². The minimum atomic E-state index is -0.577. The molecule has 0 spiro atoms. The van der Waals surface area contributed by atoms with Crippen LogP contribution in [0.2, 0.25) is 0 Å². The first-order valence-corrected chi connectivity index (χ1v) is 21.2. The average molecular weight is 775 g/mol. The molecule has 0 saturated carbocycles. The zero-order valence-electron chi connectivity index (χ0n) is 33.3. The van der Waals surface area contributed by atoms with E-state index >= 15 is 0 Å². The van der Waals surface area contributed by atoms with Crippen LogP contribution >= 0.6 is 0 Å². The minimum absolute atomic E-state index is 0.577. The van der Waals surface area contributed by atoms with Crippen molar-refractivity contribution in [2.45, 2.75) is 5.41 Å². The fourth-order valence-electron chi connectivity index (χ4n) is 11.0. The Labute approximate surface area is 354 Å². The highest BCUT2D eigenvalue weighted by Crippen LogP contribution is 2.58. The fourth-order valence-corrected chi connectivity index (χ4v) is 11.0. The standard InChI is InChI=1S/C59H38N2/c1-4-16-42(17-5-1)60(43-18-6-2-7-19-43)45-33-31-41(32-34-45)59(52-25-13-10-22-46(52)47-23-11-14-26-53(47)59)54-37-30-39-28-36-50-57-40(29-35-49(54)56(39)57)38-51-48-24-12-15-27-55(48)61(58(50)51)44-20-8-3-9-21-44/h1-38H. The van der Waals surface area contributed by atoms with Gasteiger partial charge in [-0.1, -0.05) is 170 Å². The predicted molar refractivity (Wildman–Crippen MR) is 256 cm³/mol. The van der Waals surface area contributed by atoms with E-state index in [4.69, 9.17) is 0 Å². The molecule has 0 saturated heterocycles. The summed E-state index contributed by atoms with van der Waals surface area (Å²) in [6, 6.07) is 85.3. The molecular formula is C59H38N2. The van der Waals surface area contributed by atoms with E-state index in [0.29, 0.717) is 0 Å². The Kier molecular flexibility index (Phi) is 7.26. The van der Waals surface area contributed by atoms with E-state index in [2.05, 4.69) is 240 Å². The van der Waals surface area contributed by atoms with Gasteiger partial charge in [-0.25, -0.2) is 0 Å². The lowest BCUT2D eigenvalue weighted by Gasteiger charge is -2.36. The molecule has 61 heavy (non-hydrogen) atoms. The monoisotopic (exact) mass is 774 g/mol. The topological polar surface area (TPSA) is 8.17 Å². The Morgan fingerprint density at radius 2 is 0.869 bits per heavy atom. The number of hydrogen-bond donors (Lipinski definition) is 0. The molecule has 11 aromatic carbocycles. The van der Waals surface area contributed by atoms with Crippen LogP contribution in [-0.2, 0) is 5.41 Å². The summed E-state index contributed by atoms with van der Waals surface area (Å²) in [5.74, 6) is 0. The zero-order chi connectivity index (χ0) is 40.1. The summed E-state index contributed by atoms with van der Waals surface area (Å²) in [4.78, 5) is 2.35. The third-order valence-electron chi connectivity index (χ3n) is 13.4. The molecule has 0 fully saturated rings. The molecular weight excluding hydrogens is 737 g/mol. The van der Waals surface area contributed by atoms with Crippen LogP contribution in [-0.4, -0.2) is 4.57 Å². The minimum Gasteiger partial charge on any atom is -0.311 e. The summed E-state index contributed by atoms with van der Waals surface area (Å²) in [7, 11) is 0. The molecule has 0 amide bonds. The van der Waals surface area contributed by atoms with Crippen LogP contribution in [0.25, 0.3) is 70.9 Å². The molecule has 0 atom stereocenters. The fraction of sp³-hybridized carbons (Fsp3) is 0.0169. The summed E-state index contributed by atoms with van der Waals surface area (Å²) < 4.78 is 2.47. The van der Waals surface area contributed by atoms with Crippen LogP contribution in [0.4, 0.5) is 17.1 Å². The molecule has 0 unspecified atom stereocenters. The number of aromatic nitrogens is 1. The van der Waals surface area contributed by atoms with Gasteiger partial charge in [0.2, 0.25) is 0 Å². The summed E-state index contributed by atoms with van der Waals surface area (Å²) in [5.41, 5.74) is 14.2. The van der Waals surface area contributed by atoms with Crippen molar-refractivity contribution >= 4 is 71.2 Å². The van der Waals surface area contributed by atoms with Crippen LogP contribution in [0.5, 0.6) is 0 Å². The number of fused-ring (bicyclic) bond motifs is 7. The molecule has 2 nitrogen and oxygen atoms in total. The smallest absolute Gasteiger partial charge is 0.0719 e. The number of hydrogen-bond acceptors (Lipinski definition) is 1. The molecule has 284 valence electrons. The van der Waals surface area contributed by atoms with Gasteiger partial charge in [0.05, 0.1) is 16.4 Å². The van der Waals surface area contributed by atoms with Crippen molar-refractivity contribution in [2.75, 3.05) is 4.90 Å². The first-order chi connectivity index (χ1) is 30.3. The van der Waals surface area contributed by atoms with E-state index in [1.165, 1.54) is 93.2 Å². The molecule has 12 aromatic rings. The van der Waals surface area contributed by atoms with Gasteiger partial charge in [-0.15, -0.1) is 0 Å². The second-order valence-corrected chi connectivity index (χ2v) is 16.4. The van der Waals surface area contributed by atoms with Gasteiger partial charge in [0.1, 0.15) is 0 Å². The lowest BCUT2D eigenvalue weighted by Crippen LogP contribution is -2.29. The van der Waals surface area contributed by atoms with E-state index in [-0.39, 0.29) is 0 Å². The summed E-state index contributed by atoms with van der Waals surface area (Å²) in [5, 5.41) is 10.3. The summed E-state index contributed by atoms with van der Waals surface area (Å²) in [6.07, 6.45) is 0. The first kappa shape index (κ1) is 34.0. The van der Waals surface area contributed by atoms with Gasteiger partial charge in [-0.05, 0) is 121 Å². The van der Waals surface area contributed by atoms with Crippen molar-refractivity contribution in [1.29, 1.82) is 0 Å². The molecule has 0 aliphatic heterocycles. The molecule has 1 aliphatic rings. The highest BCUT2D eigenvalue weighted by atomic mass is 15.1. The number of nitrogens with zero attached hydrogens (tertiary/aromatic N) is 2. The third kappa shape index (κ3) is 4.73. The number of anilines is 3. The van der Waals surface area contributed by atoms with Gasteiger partial charge in [0, 0.05) is 38.9 Å². The van der Waals surface area contributed by atoms with Gasteiger partial charge in [-0.2, -0.15) is 0 Å². The van der Waals surface area contributed by atoms with Crippen molar-refractivity contribution in [3.05, 3.63) is 253 Å². The van der Waals surface area contributed by atoms with Crippen LogP contribution in [0, 0.1) is 0 Å². The molecule has 1 aliphatic carbocycles. The zero-order valence-corrected chi connectivity index (χ0v) is 33.3. The summed E-state index contributed by atoms with van der Waals surface area (Å²) in [6.45, 7) is 0. The van der Waals surface area contributed by atoms with Crippen LogP contribution in [0.3, 0.4) is 0 Å². The van der Waals surface area contributed by atoms with Gasteiger partial charge < -0.3 is 9.47 Å². The molecule has 2 heteroatoms. The van der Waals surface area contributed by atoms with Crippen molar-refractivity contribution in [1.82, 2.24) is 4.57 Å². The molecule has 0 radical (unpaired) electrons. The van der Waals surface area contributed by atoms with Crippen molar-refractivity contribution in [2.24, 2.45) is 0 Å². The average Bonchev–Trinajstić information content (AvgIpc) is 3.83. The normalized spacial score (nSPS) is 13.0. The number of benzene rings is 11. The Morgan fingerprint density at radius 1 is 0.344 bits per heavy atom. The SMILES string of the molecule is c1ccc(N(c2ccccc2)c2ccc(C3(c4ccc5ccc6c7c(ccc4c57)cc4c5ccccc5n(-c5ccccc5)c46)c4ccccc4-c4ccccc43)cc2)cc1. The third-order valence-corrected chi connectivity index (χ3v) is 13.4. The molecule has 0 N–H and O–H groups in total. The van der Waals surface area contributed by atoms with Gasteiger partial charge in [-0.3, -0.25) is 0 Å². The lowest BCUT2D eigenvalue weighted by molar-refractivity contribution is 0.777. The number of para-hydroxylation sites is 4. The van der Waals surface area contributed by atoms with Crippen molar-refractivity contribution < 1.29 is 0 Å². The van der Waals surface area contributed by atoms with Gasteiger partial charge in [0.15, 0.2) is 0 Å².